The van der Waals surface area contributed by atoms with E-state index in [4.69, 9.17) is 5.73 Å². The summed E-state index contributed by atoms with van der Waals surface area (Å²) >= 11 is 1.42. The number of nitrogens with two attached hydrogens (primary N) is 1. The predicted octanol–water partition coefficient (Wildman–Crippen LogP) is 1.14. The van der Waals surface area contributed by atoms with Crippen molar-refractivity contribution in [1.82, 2.24) is 9.71 Å². The van der Waals surface area contributed by atoms with E-state index in [2.05, 4.69) is 9.71 Å². The van der Waals surface area contributed by atoms with Gasteiger partial charge >= 0.3 is 0 Å². The lowest BCUT2D eigenvalue weighted by Gasteiger charge is -2.21. The van der Waals surface area contributed by atoms with E-state index in [0.717, 1.165) is 0 Å². The van der Waals surface area contributed by atoms with Crippen LogP contribution in [0.4, 0.5) is 5.69 Å². The van der Waals surface area contributed by atoms with Gasteiger partial charge in [-0.2, -0.15) is 11.8 Å². The molecule has 0 aliphatic heterocycles. The maximum Gasteiger partial charge on any atom is 0.242 e. The molecule has 0 radical (unpaired) electrons. The molecule has 0 aliphatic carbocycles. The van der Waals surface area contributed by atoms with Crippen molar-refractivity contribution in [2.24, 2.45) is 0 Å². The SMILES string of the molecule is CSC(CO)C(C)NS(=O)(=O)c1c[nH]c2ccc(N)cc12. The molecular formula is C13H19N3O3S2. The van der Waals surface area contributed by atoms with Gasteiger partial charge in [0.25, 0.3) is 0 Å². The average Bonchev–Trinajstić information content (AvgIpc) is 2.83. The van der Waals surface area contributed by atoms with Crippen LogP contribution in [0.5, 0.6) is 0 Å². The van der Waals surface area contributed by atoms with Gasteiger partial charge in [-0.05, 0) is 31.4 Å². The first kappa shape index (κ1) is 16.2. The molecular weight excluding hydrogens is 310 g/mol. The molecule has 0 bridgehead atoms. The Morgan fingerprint density at radius 3 is 2.81 bits per heavy atom. The Bertz CT molecular complexity index is 723. The number of aromatic nitrogens is 1. The standard InChI is InChI=1S/C13H19N3O3S2/c1-8(12(7-17)20-2)16-21(18,19)13-6-15-11-4-3-9(14)5-10(11)13/h3-6,8,12,15-17H,7,14H2,1-2H3. The Balaban J connectivity index is 2.36. The topological polar surface area (TPSA) is 108 Å². The number of hydrogen-bond acceptors (Lipinski definition) is 5. The fourth-order valence-corrected chi connectivity index (χ4v) is 4.32. The Morgan fingerprint density at radius 2 is 2.19 bits per heavy atom. The van der Waals surface area contributed by atoms with Crippen LogP contribution in [0.25, 0.3) is 10.9 Å². The van der Waals surface area contributed by atoms with Gasteiger partial charge in [-0.15, -0.1) is 0 Å². The minimum atomic E-state index is -3.69. The van der Waals surface area contributed by atoms with Crippen molar-refractivity contribution in [2.45, 2.75) is 23.1 Å². The molecule has 6 nitrogen and oxygen atoms in total. The van der Waals surface area contributed by atoms with Gasteiger partial charge in [0.1, 0.15) is 4.90 Å². The molecule has 0 amide bonds. The quantitative estimate of drug-likeness (QED) is 0.594. The van der Waals surface area contributed by atoms with Crippen molar-refractivity contribution >= 4 is 38.4 Å². The molecule has 8 heteroatoms. The van der Waals surface area contributed by atoms with Crippen LogP contribution >= 0.6 is 11.8 Å². The molecule has 21 heavy (non-hydrogen) atoms. The third kappa shape index (κ3) is 3.34. The van der Waals surface area contributed by atoms with Crippen LogP contribution in [0.1, 0.15) is 6.92 Å². The van der Waals surface area contributed by atoms with E-state index in [9.17, 15) is 13.5 Å². The van der Waals surface area contributed by atoms with Crippen molar-refractivity contribution in [1.29, 1.82) is 0 Å². The van der Waals surface area contributed by atoms with E-state index >= 15 is 0 Å². The van der Waals surface area contributed by atoms with Crippen LogP contribution in [-0.2, 0) is 10.0 Å². The molecule has 5 N–H and O–H groups in total. The Morgan fingerprint density at radius 1 is 1.48 bits per heavy atom. The zero-order chi connectivity index (χ0) is 15.6. The van der Waals surface area contributed by atoms with E-state index in [1.807, 2.05) is 6.26 Å². The number of benzene rings is 1. The number of sulfonamides is 1. The molecule has 2 rings (SSSR count). The molecule has 2 unspecified atom stereocenters. The highest BCUT2D eigenvalue weighted by Crippen LogP contribution is 2.25. The molecule has 116 valence electrons. The number of nitrogen functional groups attached to an aromatic ring is 1. The highest BCUT2D eigenvalue weighted by Gasteiger charge is 2.25. The van der Waals surface area contributed by atoms with Gasteiger partial charge in [-0.25, -0.2) is 13.1 Å². The normalized spacial score (nSPS) is 15.2. The van der Waals surface area contributed by atoms with Crippen LogP contribution in [0.15, 0.2) is 29.3 Å². The van der Waals surface area contributed by atoms with Crippen LogP contribution in [0, 0.1) is 0 Å². The van der Waals surface area contributed by atoms with Gasteiger partial charge in [0, 0.05) is 34.1 Å². The van der Waals surface area contributed by atoms with Crippen molar-refractivity contribution in [2.75, 3.05) is 18.6 Å². The Hall–Kier alpha value is -1.22. The maximum absolute atomic E-state index is 12.5. The average molecular weight is 329 g/mol. The molecule has 2 aromatic rings. The summed E-state index contributed by atoms with van der Waals surface area (Å²) in [7, 11) is -3.69. The summed E-state index contributed by atoms with van der Waals surface area (Å²) < 4.78 is 27.6. The van der Waals surface area contributed by atoms with E-state index in [0.29, 0.717) is 16.6 Å². The summed E-state index contributed by atoms with van der Waals surface area (Å²) in [6, 6.07) is 4.69. The molecule has 0 spiro atoms. The molecule has 1 aromatic heterocycles. The summed E-state index contributed by atoms with van der Waals surface area (Å²) in [6.45, 7) is 1.64. The predicted molar refractivity (Wildman–Crippen MR) is 86.9 cm³/mol. The Kier molecular flexibility index (Phi) is 4.82. The number of aliphatic hydroxyl groups is 1. The smallest absolute Gasteiger partial charge is 0.242 e. The third-order valence-corrected chi connectivity index (χ3v) is 6.10. The summed E-state index contributed by atoms with van der Waals surface area (Å²) in [5, 5.41) is 9.61. The summed E-state index contributed by atoms with van der Waals surface area (Å²) in [5.74, 6) is 0. The lowest BCUT2D eigenvalue weighted by atomic mass is 10.2. The van der Waals surface area contributed by atoms with Crippen molar-refractivity contribution < 1.29 is 13.5 Å². The Labute approximate surface area is 128 Å². The lowest BCUT2D eigenvalue weighted by Crippen LogP contribution is -2.41. The highest BCUT2D eigenvalue weighted by molar-refractivity contribution is 7.99. The first-order chi connectivity index (χ1) is 9.89. The molecule has 0 aliphatic rings. The second-order valence-corrected chi connectivity index (χ2v) is 7.58. The fraction of sp³-hybridized carbons (Fsp3) is 0.385. The van der Waals surface area contributed by atoms with E-state index in [1.165, 1.54) is 18.0 Å². The van der Waals surface area contributed by atoms with Crippen molar-refractivity contribution in [3.05, 3.63) is 24.4 Å². The minimum absolute atomic E-state index is 0.0916. The number of rotatable bonds is 6. The molecule has 1 aromatic carbocycles. The van der Waals surface area contributed by atoms with Crippen LogP contribution < -0.4 is 10.5 Å². The van der Waals surface area contributed by atoms with E-state index in [1.54, 1.807) is 25.1 Å². The largest absolute Gasteiger partial charge is 0.399 e. The van der Waals surface area contributed by atoms with E-state index < -0.39 is 10.0 Å². The van der Waals surface area contributed by atoms with Gasteiger partial charge in [-0.3, -0.25) is 0 Å². The zero-order valence-corrected chi connectivity index (χ0v) is 13.5. The van der Waals surface area contributed by atoms with Gasteiger partial charge in [0.2, 0.25) is 10.0 Å². The number of hydrogen-bond donors (Lipinski definition) is 4. The molecule has 2 atom stereocenters. The summed E-state index contributed by atoms with van der Waals surface area (Å²) in [6.07, 6.45) is 3.28. The zero-order valence-electron chi connectivity index (χ0n) is 11.8. The number of H-pyrrole nitrogens is 1. The molecule has 1 heterocycles. The number of nitrogens with one attached hydrogen (secondary N) is 2. The lowest BCUT2D eigenvalue weighted by molar-refractivity contribution is 0.282. The summed E-state index contributed by atoms with van der Waals surface area (Å²) in [5.41, 5.74) is 6.93. The van der Waals surface area contributed by atoms with Gasteiger partial charge < -0.3 is 15.8 Å². The first-order valence-electron chi connectivity index (χ1n) is 6.41. The third-order valence-electron chi connectivity index (χ3n) is 3.34. The van der Waals surface area contributed by atoms with Gasteiger partial charge in [-0.1, -0.05) is 0 Å². The number of thioether (sulfide) groups is 1. The number of fused-ring (bicyclic) bond motifs is 1. The van der Waals surface area contributed by atoms with Crippen LogP contribution in [-0.4, -0.2) is 42.7 Å². The van der Waals surface area contributed by atoms with Crippen LogP contribution in [0.2, 0.25) is 0 Å². The van der Waals surface area contributed by atoms with Crippen LogP contribution in [0.3, 0.4) is 0 Å². The second kappa shape index (κ2) is 6.27. The summed E-state index contributed by atoms with van der Waals surface area (Å²) in [4.78, 5) is 3.08. The van der Waals surface area contributed by atoms with Gasteiger partial charge in [0.05, 0.1) is 6.61 Å². The molecule has 0 fully saturated rings. The fourth-order valence-electron chi connectivity index (χ4n) is 2.16. The van der Waals surface area contributed by atoms with Crippen molar-refractivity contribution in [3.63, 3.8) is 0 Å². The molecule has 0 saturated carbocycles. The van der Waals surface area contributed by atoms with E-state index in [-0.39, 0.29) is 22.8 Å². The number of aromatic amines is 1. The maximum atomic E-state index is 12.5. The van der Waals surface area contributed by atoms with Gasteiger partial charge in [0.15, 0.2) is 0 Å². The number of aliphatic hydroxyl groups excluding tert-OH is 1. The minimum Gasteiger partial charge on any atom is -0.399 e. The highest BCUT2D eigenvalue weighted by atomic mass is 32.2. The number of anilines is 1. The monoisotopic (exact) mass is 329 g/mol. The van der Waals surface area contributed by atoms with Crippen molar-refractivity contribution in [3.8, 4) is 0 Å². The first-order valence-corrected chi connectivity index (χ1v) is 9.18. The second-order valence-electron chi connectivity index (χ2n) is 4.82. The molecule has 0 saturated heterocycles.